The highest BCUT2D eigenvalue weighted by Gasteiger charge is 2.16. The van der Waals surface area contributed by atoms with Crippen LogP contribution >= 0.6 is 22.9 Å². The summed E-state index contributed by atoms with van der Waals surface area (Å²) in [4.78, 5) is 14.0. The molecule has 0 aliphatic heterocycles. The lowest BCUT2D eigenvalue weighted by atomic mass is 10.2. The Balaban J connectivity index is 1.55. The summed E-state index contributed by atoms with van der Waals surface area (Å²) in [5.41, 5.74) is 2.49. The van der Waals surface area contributed by atoms with Gasteiger partial charge < -0.3 is 5.32 Å². The van der Waals surface area contributed by atoms with Crippen LogP contribution in [0.1, 0.15) is 20.9 Å². The molecule has 4 aromatic rings. The molecule has 0 radical (unpaired) electrons. The lowest BCUT2D eigenvalue weighted by Gasteiger charge is -2.04. The van der Waals surface area contributed by atoms with E-state index in [0.717, 1.165) is 22.9 Å². The van der Waals surface area contributed by atoms with Gasteiger partial charge in [-0.05, 0) is 41.6 Å². The first-order valence-electron chi connectivity index (χ1n) is 8.71. The number of amides is 1. The maximum Gasteiger partial charge on any atom is 0.272 e. The number of hydrogen-bond donors (Lipinski definition) is 1. The number of aromatic nitrogens is 2. The second-order valence-corrected chi connectivity index (χ2v) is 7.70. The molecule has 0 atom stereocenters. The van der Waals surface area contributed by atoms with Gasteiger partial charge in [0.2, 0.25) is 0 Å². The van der Waals surface area contributed by atoms with Crippen LogP contribution in [0.2, 0.25) is 5.02 Å². The van der Waals surface area contributed by atoms with Gasteiger partial charge in [0.15, 0.2) is 5.69 Å². The predicted octanol–water partition coefficient (Wildman–Crippen LogP) is 4.77. The predicted molar refractivity (Wildman–Crippen MR) is 111 cm³/mol. The Morgan fingerprint density at radius 3 is 2.67 bits per heavy atom. The van der Waals surface area contributed by atoms with Gasteiger partial charge in [-0.15, -0.1) is 11.3 Å². The lowest BCUT2D eigenvalue weighted by molar-refractivity contribution is 0.0950. The third-order valence-electron chi connectivity index (χ3n) is 4.36. The van der Waals surface area contributed by atoms with E-state index in [1.165, 1.54) is 4.88 Å². The van der Waals surface area contributed by atoms with E-state index in [9.17, 15) is 4.79 Å². The minimum atomic E-state index is -0.141. The number of benzene rings is 2. The Morgan fingerprint density at radius 1 is 1.07 bits per heavy atom. The van der Waals surface area contributed by atoms with E-state index >= 15 is 0 Å². The average Bonchev–Trinajstić information content (AvgIpc) is 3.32. The second kappa shape index (κ2) is 7.94. The first kappa shape index (κ1) is 17.8. The zero-order chi connectivity index (χ0) is 18.6. The Morgan fingerprint density at radius 2 is 1.89 bits per heavy atom. The molecule has 0 aliphatic rings. The number of para-hydroxylation sites is 1. The van der Waals surface area contributed by atoms with Gasteiger partial charge >= 0.3 is 0 Å². The molecule has 1 N–H and O–H groups in total. The largest absolute Gasteiger partial charge is 0.350 e. The van der Waals surface area contributed by atoms with Crippen molar-refractivity contribution >= 4 is 39.7 Å². The number of nitrogens with one attached hydrogen (secondary N) is 1. The van der Waals surface area contributed by atoms with E-state index in [1.54, 1.807) is 11.3 Å². The molecule has 2 heterocycles. The molecule has 2 aromatic heterocycles. The third kappa shape index (κ3) is 4.04. The van der Waals surface area contributed by atoms with Crippen LogP contribution in [0.3, 0.4) is 0 Å². The van der Waals surface area contributed by atoms with E-state index in [-0.39, 0.29) is 5.91 Å². The van der Waals surface area contributed by atoms with Gasteiger partial charge in [0.05, 0.1) is 12.1 Å². The van der Waals surface area contributed by atoms with E-state index < -0.39 is 0 Å². The first-order valence-corrected chi connectivity index (χ1v) is 9.97. The summed E-state index contributed by atoms with van der Waals surface area (Å²) < 4.78 is 1.87. The zero-order valence-corrected chi connectivity index (χ0v) is 16.1. The Bertz CT molecular complexity index is 1050. The normalized spacial score (nSPS) is 11.0. The molecule has 6 heteroatoms. The van der Waals surface area contributed by atoms with Crippen LogP contribution < -0.4 is 5.32 Å². The quantitative estimate of drug-likeness (QED) is 0.511. The molecule has 136 valence electrons. The molecular formula is C21H18ClN3OS. The molecular weight excluding hydrogens is 378 g/mol. The average molecular weight is 396 g/mol. The monoisotopic (exact) mass is 395 g/mol. The molecule has 0 saturated carbocycles. The topological polar surface area (TPSA) is 46.9 Å². The maximum absolute atomic E-state index is 12.7. The number of carbonyl (C=O) groups is 1. The second-order valence-electron chi connectivity index (χ2n) is 6.24. The number of hydrogen-bond acceptors (Lipinski definition) is 3. The van der Waals surface area contributed by atoms with Crippen molar-refractivity contribution in [3.63, 3.8) is 0 Å². The van der Waals surface area contributed by atoms with Crippen molar-refractivity contribution in [2.45, 2.75) is 13.0 Å². The molecule has 4 rings (SSSR count). The fourth-order valence-electron chi connectivity index (χ4n) is 3.02. The van der Waals surface area contributed by atoms with E-state index in [4.69, 9.17) is 11.6 Å². The van der Waals surface area contributed by atoms with Gasteiger partial charge in [0, 0.05) is 21.8 Å². The maximum atomic E-state index is 12.7. The van der Waals surface area contributed by atoms with Crippen molar-refractivity contribution in [2.24, 2.45) is 0 Å². The molecule has 4 nitrogen and oxygen atoms in total. The van der Waals surface area contributed by atoms with Crippen LogP contribution in [0.15, 0.2) is 66.0 Å². The highest BCUT2D eigenvalue weighted by molar-refractivity contribution is 7.09. The molecule has 1 amide bonds. The van der Waals surface area contributed by atoms with Crippen LogP contribution in [0, 0.1) is 0 Å². The number of fused-ring (bicyclic) bond motifs is 1. The number of rotatable bonds is 6. The molecule has 0 unspecified atom stereocenters. The Hall–Kier alpha value is -2.63. The summed E-state index contributed by atoms with van der Waals surface area (Å²) in [6.45, 7) is 1.18. The van der Waals surface area contributed by atoms with Crippen molar-refractivity contribution in [2.75, 3.05) is 6.54 Å². The minimum absolute atomic E-state index is 0.141. The van der Waals surface area contributed by atoms with Crippen LogP contribution in [-0.2, 0) is 13.0 Å². The Kier molecular flexibility index (Phi) is 5.23. The molecule has 27 heavy (non-hydrogen) atoms. The number of halogens is 1. The zero-order valence-electron chi connectivity index (χ0n) is 14.6. The number of thiophene rings is 1. The Labute approximate surface area is 166 Å². The van der Waals surface area contributed by atoms with Crippen molar-refractivity contribution in [3.05, 3.63) is 87.2 Å². The van der Waals surface area contributed by atoms with Gasteiger partial charge in [-0.2, -0.15) is 5.10 Å². The van der Waals surface area contributed by atoms with Gasteiger partial charge in [-0.25, -0.2) is 0 Å². The summed E-state index contributed by atoms with van der Waals surface area (Å²) in [5.74, 6) is -0.141. The van der Waals surface area contributed by atoms with Crippen LogP contribution in [0.4, 0.5) is 0 Å². The molecule has 0 aliphatic carbocycles. The minimum Gasteiger partial charge on any atom is -0.350 e. The first-order chi connectivity index (χ1) is 13.2. The standard InChI is InChI=1S/C21H18ClN3OS/c22-16-9-7-15(8-10-16)14-25-19-6-2-1-5-18(19)20(24-25)21(26)23-12-11-17-4-3-13-27-17/h1-10,13H,11-12,14H2,(H,23,26). The highest BCUT2D eigenvalue weighted by atomic mass is 35.5. The van der Waals surface area contributed by atoms with Gasteiger partial charge in [0.25, 0.3) is 5.91 Å². The molecule has 2 aromatic carbocycles. The number of nitrogens with zero attached hydrogens (tertiary/aromatic N) is 2. The fourth-order valence-corrected chi connectivity index (χ4v) is 3.85. The van der Waals surface area contributed by atoms with E-state index in [0.29, 0.717) is 23.8 Å². The van der Waals surface area contributed by atoms with Gasteiger partial charge in [-0.1, -0.05) is 48.0 Å². The fraction of sp³-hybridized carbons (Fsp3) is 0.143. The van der Waals surface area contributed by atoms with Crippen LogP contribution in [0.5, 0.6) is 0 Å². The van der Waals surface area contributed by atoms with Crippen LogP contribution in [0.25, 0.3) is 10.9 Å². The smallest absolute Gasteiger partial charge is 0.272 e. The lowest BCUT2D eigenvalue weighted by Crippen LogP contribution is -2.26. The summed E-state index contributed by atoms with van der Waals surface area (Å²) in [6.07, 6.45) is 0.826. The summed E-state index contributed by atoms with van der Waals surface area (Å²) in [5, 5.41) is 11.2. The molecule has 0 saturated heterocycles. The van der Waals surface area contributed by atoms with E-state index in [1.807, 2.05) is 64.7 Å². The highest BCUT2D eigenvalue weighted by Crippen LogP contribution is 2.20. The van der Waals surface area contributed by atoms with Crippen molar-refractivity contribution in [3.8, 4) is 0 Å². The summed E-state index contributed by atoms with van der Waals surface area (Å²) in [6, 6.07) is 19.6. The SMILES string of the molecule is O=C(NCCc1cccs1)c1nn(Cc2ccc(Cl)cc2)c2ccccc12. The van der Waals surface area contributed by atoms with Gasteiger partial charge in [-0.3, -0.25) is 9.48 Å². The van der Waals surface area contributed by atoms with Gasteiger partial charge in [0.1, 0.15) is 0 Å². The molecule has 0 bridgehead atoms. The third-order valence-corrected chi connectivity index (χ3v) is 5.54. The number of carbonyl (C=O) groups excluding carboxylic acids is 1. The van der Waals surface area contributed by atoms with Crippen molar-refractivity contribution in [1.29, 1.82) is 0 Å². The molecule has 0 fully saturated rings. The summed E-state index contributed by atoms with van der Waals surface area (Å²) >= 11 is 7.67. The molecule has 0 spiro atoms. The van der Waals surface area contributed by atoms with E-state index in [2.05, 4.69) is 16.5 Å². The van der Waals surface area contributed by atoms with Crippen LogP contribution in [-0.4, -0.2) is 22.2 Å². The van der Waals surface area contributed by atoms with Crippen molar-refractivity contribution < 1.29 is 4.79 Å². The van der Waals surface area contributed by atoms with Crippen molar-refractivity contribution in [1.82, 2.24) is 15.1 Å². The summed E-state index contributed by atoms with van der Waals surface area (Å²) in [7, 11) is 0.